The fourth-order valence-corrected chi connectivity index (χ4v) is 5.88. The van der Waals surface area contributed by atoms with Crippen molar-refractivity contribution in [3.63, 3.8) is 0 Å². The van der Waals surface area contributed by atoms with Gasteiger partial charge in [-0.3, -0.25) is 4.31 Å². The van der Waals surface area contributed by atoms with Gasteiger partial charge in [0.05, 0.1) is 17.9 Å². The summed E-state index contributed by atoms with van der Waals surface area (Å²) < 4.78 is 21.9. The van der Waals surface area contributed by atoms with E-state index in [4.69, 9.17) is 16.3 Å². The van der Waals surface area contributed by atoms with Crippen LogP contribution < -0.4 is 19.3 Å². The Morgan fingerprint density at radius 3 is 2.68 bits per heavy atom. The molecule has 8 heteroatoms. The van der Waals surface area contributed by atoms with Gasteiger partial charge in [0.2, 0.25) is 0 Å². The first-order valence-corrected chi connectivity index (χ1v) is 10.6. The van der Waals surface area contributed by atoms with Crippen LogP contribution in [0.25, 0.3) is 0 Å². The van der Waals surface area contributed by atoms with Gasteiger partial charge in [-0.1, -0.05) is 11.6 Å². The molecule has 5 nitrogen and oxygen atoms in total. The van der Waals surface area contributed by atoms with Gasteiger partial charge in [-0.05, 0) is 31.2 Å². The predicted octanol–water partition coefficient (Wildman–Crippen LogP) is 3.04. The molecule has 0 saturated carbocycles. The number of anilines is 2. The number of nitrogens with one attached hydrogen (secondary N) is 1. The molecule has 1 N–H and O–H groups in total. The second kappa shape index (κ2) is 7.15. The lowest BCUT2D eigenvalue weighted by Gasteiger charge is -2.35. The highest BCUT2D eigenvalue weighted by atomic mass is 35.5. The maximum absolute atomic E-state index is 13.1. The minimum atomic E-state index is -1.25. The number of thiophene rings is 1. The van der Waals surface area contributed by atoms with E-state index in [0.717, 1.165) is 52.4 Å². The summed E-state index contributed by atoms with van der Waals surface area (Å²) >= 11 is 7.97. The summed E-state index contributed by atoms with van der Waals surface area (Å²) in [6.45, 7) is 6.81. The number of halogens is 1. The van der Waals surface area contributed by atoms with Gasteiger partial charge in [-0.15, -0.1) is 11.3 Å². The number of rotatable bonds is 3. The first kappa shape index (κ1) is 17.1. The summed E-state index contributed by atoms with van der Waals surface area (Å²) in [7, 11) is -1.25. The Hall–Kier alpha value is -1.28. The van der Waals surface area contributed by atoms with E-state index in [1.54, 1.807) is 11.3 Å². The van der Waals surface area contributed by atoms with Gasteiger partial charge >= 0.3 is 0 Å². The Balaban J connectivity index is 1.73. The number of benzene rings is 1. The molecule has 134 valence electrons. The highest BCUT2D eigenvalue weighted by Crippen LogP contribution is 2.44. The van der Waals surface area contributed by atoms with Crippen LogP contribution in [-0.4, -0.2) is 43.5 Å². The van der Waals surface area contributed by atoms with Crippen molar-refractivity contribution in [3.8, 4) is 5.75 Å². The van der Waals surface area contributed by atoms with Crippen molar-refractivity contribution in [2.45, 2.75) is 11.1 Å². The van der Waals surface area contributed by atoms with Crippen molar-refractivity contribution in [2.75, 3.05) is 48.5 Å². The number of piperazine rings is 1. The second-order valence-corrected chi connectivity index (χ2v) is 9.44. The lowest BCUT2D eigenvalue weighted by atomic mass is 10.2. The van der Waals surface area contributed by atoms with Gasteiger partial charge in [-0.25, -0.2) is 4.21 Å². The topological polar surface area (TPSA) is 44.8 Å². The summed E-state index contributed by atoms with van der Waals surface area (Å²) in [6, 6.07) is 7.75. The smallest absolute Gasteiger partial charge is 0.166 e. The fraction of sp³-hybridized carbons (Fsp3) is 0.412. The van der Waals surface area contributed by atoms with Crippen molar-refractivity contribution in [3.05, 3.63) is 34.2 Å². The Bertz CT molecular complexity index is 805. The number of hydrogen-bond acceptors (Lipinski definition) is 5. The van der Waals surface area contributed by atoms with Crippen LogP contribution >= 0.6 is 22.9 Å². The van der Waals surface area contributed by atoms with Crippen LogP contribution in [0.2, 0.25) is 5.02 Å². The molecule has 1 aromatic heterocycles. The normalized spacial score (nSPS) is 18.6. The van der Waals surface area contributed by atoms with Gasteiger partial charge in [-0.2, -0.15) is 0 Å². The molecule has 1 aromatic carbocycles. The molecule has 25 heavy (non-hydrogen) atoms. The summed E-state index contributed by atoms with van der Waals surface area (Å²) in [5.74, 6) is 0.791. The summed E-state index contributed by atoms with van der Waals surface area (Å²) in [6.07, 6.45) is 0. The van der Waals surface area contributed by atoms with E-state index >= 15 is 0 Å². The predicted molar refractivity (Wildman–Crippen MR) is 105 cm³/mol. The van der Waals surface area contributed by atoms with Crippen LogP contribution in [0.3, 0.4) is 0 Å². The van der Waals surface area contributed by atoms with Crippen molar-refractivity contribution in [1.82, 2.24) is 5.32 Å². The molecule has 2 aliphatic rings. The monoisotopic (exact) mass is 397 g/mol. The molecular weight excluding hydrogens is 378 g/mol. The van der Waals surface area contributed by atoms with Crippen LogP contribution in [0.4, 0.5) is 11.4 Å². The van der Waals surface area contributed by atoms with Crippen LogP contribution in [0.15, 0.2) is 28.5 Å². The van der Waals surface area contributed by atoms with Gasteiger partial charge < -0.3 is 15.0 Å². The number of hydrogen-bond donors (Lipinski definition) is 1. The van der Waals surface area contributed by atoms with E-state index < -0.39 is 11.0 Å². The molecule has 0 amide bonds. The third-order valence-corrected chi connectivity index (χ3v) is 7.32. The number of nitrogens with zero attached hydrogens (tertiary/aromatic N) is 2. The zero-order valence-corrected chi connectivity index (χ0v) is 16.3. The molecule has 0 spiro atoms. The zero-order valence-electron chi connectivity index (χ0n) is 14.0. The molecule has 0 radical (unpaired) electrons. The summed E-state index contributed by atoms with van der Waals surface area (Å²) in [5, 5.41) is 4.00. The number of fused-ring (bicyclic) bond motifs is 1. The SMILES string of the molecule is Cc1ccc(S(=O)N2CCOc3c(N4CCNCC4)cc(Cl)cc32)s1. The first-order chi connectivity index (χ1) is 12.1. The third kappa shape index (κ3) is 3.38. The molecular formula is C17H20ClN3O2S2. The lowest BCUT2D eigenvalue weighted by molar-refractivity contribution is 0.316. The Labute approximate surface area is 159 Å². The minimum absolute atomic E-state index is 0.518. The van der Waals surface area contributed by atoms with Gasteiger partial charge in [0, 0.05) is 36.1 Å². The van der Waals surface area contributed by atoms with Crippen molar-refractivity contribution in [1.29, 1.82) is 0 Å². The van der Waals surface area contributed by atoms with E-state index in [-0.39, 0.29) is 0 Å². The summed E-state index contributed by atoms with van der Waals surface area (Å²) in [4.78, 5) is 3.44. The van der Waals surface area contributed by atoms with Gasteiger partial charge in [0.1, 0.15) is 10.8 Å². The second-order valence-electron chi connectivity index (χ2n) is 6.08. The van der Waals surface area contributed by atoms with Crippen LogP contribution in [0.1, 0.15) is 4.88 Å². The molecule has 0 bridgehead atoms. The molecule has 2 aliphatic heterocycles. The van der Waals surface area contributed by atoms with Crippen LogP contribution in [0, 0.1) is 6.92 Å². The Kier molecular flexibility index (Phi) is 4.90. The lowest BCUT2D eigenvalue weighted by Crippen LogP contribution is -2.44. The highest BCUT2D eigenvalue weighted by molar-refractivity contribution is 7.88. The molecule has 3 heterocycles. The molecule has 1 fully saturated rings. The summed E-state index contributed by atoms with van der Waals surface area (Å²) in [5.41, 5.74) is 1.81. The molecule has 4 rings (SSSR count). The van der Waals surface area contributed by atoms with E-state index in [1.807, 2.05) is 35.5 Å². The van der Waals surface area contributed by atoms with Crippen LogP contribution in [0.5, 0.6) is 5.75 Å². The van der Waals surface area contributed by atoms with E-state index in [9.17, 15) is 4.21 Å². The molecule has 0 aliphatic carbocycles. The minimum Gasteiger partial charge on any atom is -0.487 e. The molecule has 1 atom stereocenters. The fourth-order valence-electron chi connectivity index (χ4n) is 3.18. The van der Waals surface area contributed by atoms with E-state index in [1.165, 1.54) is 0 Å². The number of aryl methyl sites for hydroxylation is 1. The first-order valence-electron chi connectivity index (χ1n) is 8.31. The van der Waals surface area contributed by atoms with Gasteiger partial charge in [0.15, 0.2) is 16.7 Å². The van der Waals surface area contributed by atoms with E-state index in [0.29, 0.717) is 18.2 Å². The number of ether oxygens (including phenoxy) is 1. The molecule has 1 saturated heterocycles. The Morgan fingerprint density at radius 1 is 1.20 bits per heavy atom. The largest absolute Gasteiger partial charge is 0.487 e. The maximum Gasteiger partial charge on any atom is 0.166 e. The quantitative estimate of drug-likeness (QED) is 0.864. The van der Waals surface area contributed by atoms with E-state index in [2.05, 4.69) is 10.2 Å². The average Bonchev–Trinajstić information content (AvgIpc) is 3.07. The maximum atomic E-state index is 13.1. The van der Waals surface area contributed by atoms with Crippen LogP contribution in [-0.2, 0) is 11.0 Å². The van der Waals surface area contributed by atoms with Crippen molar-refractivity contribution >= 4 is 45.3 Å². The Morgan fingerprint density at radius 2 is 1.96 bits per heavy atom. The van der Waals surface area contributed by atoms with Gasteiger partial charge in [0.25, 0.3) is 0 Å². The third-order valence-electron chi connectivity index (χ3n) is 4.37. The zero-order chi connectivity index (χ0) is 17.4. The molecule has 1 unspecified atom stereocenters. The highest BCUT2D eigenvalue weighted by Gasteiger charge is 2.29. The van der Waals surface area contributed by atoms with Crippen molar-refractivity contribution < 1.29 is 8.95 Å². The average molecular weight is 398 g/mol. The molecule has 2 aromatic rings. The van der Waals surface area contributed by atoms with Crippen molar-refractivity contribution in [2.24, 2.45) is 0 Å². The standard InChI is InChI=1S/C17H20ClN3O2S2/c1-12-2-3-16(24-12)25(22)21-8-9-23-17-14(10-13(18)11-15(17)21)20-6-4-19-5-7-20/h2-3,10-11,19H,4-9H2,1H3.